The predicted molar refractivity (Wildman–Crippen MR) is 55.8 cm³/mol. The summed E-state index contributed by atoms with van der Waals surface area (Å²) in [6.45, 7) is 0.205. The van der Waals surface area contributed by atoms with Crippen molar-refractivity contribution in [2.75, 3.05) is 7.05 Å². The van der Waals surface area contributed by atoms with Gasteiger partial charge in [0.15, 0.2) is 0 Å². The summed E-state index contributed by atoms with van der Waals surface area (Å²) in [5.74, 6) is -0.486. The molecule has 0 aliphatic carbocycles. The second-order valence-electron chi connectivity index (χ2n) is 2.95. The number of hydrogen-bond acceptors (Lipinski definition) is 4. The molecular weight excluding hydrogens is 212 g/mol. The quantitative estimate of drug-likeness (QED) is 0.657. The Morgan fingerprint density at radius 1 is 1.31 bits per heavy atom. The molecule has 3 N–H and O–H groups in total. The van der Waals surface area contributed by atoms with E-state index in [1.807, 2.05) is 0 Å². The Labute approximate surface area is 92.2 Å². The molecule has 0 saturated heterocycles. The van der Waals surface area contributed by atoms with Crippen molar-refractivity contribution in [2.45, 2.75) is 6.54 Å². The average molecular weight is 224 g/mol. The largest absolute Gasteiger partial charge is 0.465 e. The fourth-order valence-electron chi connectivity index (χ4n) is 1.09. The van der Waals surface area contributed by atoms with E-state index < -0.39 is 12.1 Å². The number of hydroxylamine groups is 1. The molecule has 1 rings (SSSR count). The van der Waals surface area contributed by atoms with Gasteiger partial charge in [-0.1, -0.05) is 12.1 Å². The molecule has 0 aliphatic heterocycles. The lowest BCUT2D eigenvalue weighted by molar-refractivity contribution is 0.0310. The topological polar surface area (TPSA) is 87.7 Å². The molecule has 6 nitrogen and oxygen atoms in total. The normalized spacial score (nSPS) is 9.56. The van der Waals surface area contributed by atoms with Gasteiger partial charge in [-0.2, -0.15) is 5.48 Å². The predicted octanol–water partition coefficient (Wildman–Crippen LogP) is 0.745. The van der Waals surface area contributed by atoms with E-state index in [9.17, 15) is 9.59 Å². The van der Waals surface area contributed by atoms with E-state index >= 15 is 0 Å². The fourth-order valence-corrected chi connectivity index (χ4v) is 1.09. The molecule has 0 unspecified atom stereocenters. The molecule has 1 aromatic rings. The summed E-state index contributed by atoms with van der Waals surface area (Å²) in [4.78, 5) is 26.0. The molecule has 0 heterocycles. The SMILES string of the molecule is CNOC(=O)c1ccc(CNC(=O)O)cc1. The molecule has 86 valence electrons. The second kappa shape index (κ2) is 5.72. The molecule has 6 heteroatoms. The van der Waals surface area contributed by atoms with Crippen LogP contribution < -0.4 is 10.8 Å². The number of carbonyl (C=O) groups is 2. The number of rotatable bonds is 4. The third kappa shape index (κ3) is 3.58. The third-order valence-electron chi connectivity index (χ3n) is 1.83. The molecule has 16 heavy (non-hydrogen) atoms. The minimum absolute atomic E-state index is 0.205. The number of hydrogen-bond donors (Lipinski definition) is 3. The first-order chi connectivity index (χ1) is 7.63. The van der Waals surface area contributed by atoms with Crippen LogP contribution in [0.1, 0.15) is 15.9 Å². The van der Waals surface area contributed by atoms with E-state index in [0.717, 1.165) is 5.56 Å². The first kappa shape index (κ1) is 12.0. The molecule has 1 aromatic carbocycles. The molecule has 0 fully saturated rings. The van der Waals surface area contributed by atoms with E-state index in [-0.39, 0.29) is 6.54 Å². The fraction of sp³-hybridized carbons (Fsp3) is 0.200. The average Bonchev–Trinajstić information content (AvgIpc) is 2.27. The van der Waals surface area contributed by atoms with Crippen LogP contribution in [0.15, 0.2) is 24.3 Å². The number of carbonyl (C=O) groups excluding carboxylic acids is 1. The van der Waals surface area contributed by atoms with Crippen LogP contribution >= 0.6 is 0 Å². The lowest BCUT2D eigenvalue weighted by Gasteiger charge is -2.03. The monoisotopic (exact) mass is 224 g/mol. The summed E-state index contributed by atoms with van der Waals surface area (Å²) >= 11 is 0. The standard InChI is InChI=1S/C10H12N2O4/c1-11-16-9(13)8-4-2-7(3-5-8)6-12-10(14)15/h2-5,11-12H,6H2,1H3,(H,14,15). The molecule has 0 radical (unpaired) electrons. The summed E-state index contributed by atoms with van der Waals surface area (Å²) in [5.41, 5.74) is 3.44. The van der Waals surface area contributed by atoms with Gasteiger partial charge in [0.1, 0.15) is 0 Å². The highest BCUT2D eigenvalue weighted by atomic mass is 16.7. The zero-order chi connectivity index (χ0) is 12.0. The van der Waals surface area contributed by atoms with Crippen molar-refractivity contribution in [1.29, 1.82) is 0 Å². The molecule has 0 aromatic heterocycles. The Morgan fingerprint density at radius 3 is 2.44 bits per heavy atom. The first-order valence-electron chi connectivity index (χ1n) is 4.57. The molecule has 0 bridgehead atoms. The lowest BCUT2D eigenvalue weighted by Crippen LogP contribution is -2.20. The van der Waals surface area contributed by atoms with Crippen molar-refractivity contribution < 1.29 is 19.5 Å². The Hall–Kier alpha value is -2.08. The Bertz CT molecular complexity index is 375. The van der Waals surface area contributed by atoms with Gasteiger partial charge >= 0.3 is 12.1 Å². The molecular formula is C10H12N2O4. The maximum absolute atomic E-state index is 11.2. The van der Waals surface area contributed by atoms with Crippen LogP contribution in [0.2, 0.25) is 0 Å². The summed E-state index contributed by atoms with van der Waals surface area (Å²) in [7, 11) is 1.49. The van der Waals surface area contributed by atoms with E-state index in [4.69, 9.17) is 5.11 Å². The van der Waals surface area contributed by atoms with Crippen molar-refractivity contribution in [3.63, 3.8) is 0 Å². The van der Waals surface area contributed by atoms with Gasteiger partial charge in [0.2, 0.25) is 0 Å². The van der Waals surface area contributed by atoms with Crippen LogP contribution in [0, 0.1) is 0 Å². The summed E-state index contributed by atoms with van der Waals surface area (Å²) in [5, 5.41) is 10.6. The van der Waals surface area contributed by atoms with Crippen molar-refractivity contribution in [3.05, 3.63) is 35.4 Å². The smallest absolute Gasteiger partial charge is 0.404 e. The van der Waals surface area contributed by atoms with Crippen LogP contribution in [-0.2, 0) is 11.4 Å². The Kier molecular flexibility index (Phi) is 4.28. The van der Waals surface area contributed by atoms with Crippen LogP contribution in [0.25, 0.3) is 0 Å². The number of benzene rings is 1. The highest BCUT2D eigenvalue weighted by Gasteiger charge is 2.06. The molecule has 0 aliphatic rings. The van der Waals surface area contributed by atoms with Crippen LogP contribution in [0.4, 0.5) is 4.79 Å². The van der Waals surface area contributed by atoms with Crippen molar-refractivity contribution >= 4 is 12.1 Å². The van der Waals surface area contributed by atoms with Gasteiger partial charge in [-0.25, -0.2) is 9.59 Å². The zero-order valence-corrected chi connectivity index (χ0v) is 8.69. The van der Waals surface area contributed by atoms with Gasteiger partial charge in [0.25, 0.3) is 0 Å². The van der Waals surface area contributed by atoms with Gasteiger partial charge in [-0.15, -0.1) is 0 Å². The summed E-state index contributed by atoms with van der Waals surface area (Å²) < 4.78 is 0. The van der Waals surface area contributed by atoms with Crippen molar-refractivity contribution in [2.24, 2.45) is 0 Å². The summed E-state index contributed by atoms with van der Waals surface area (Å²) in [6, 6.07) is 6.45. The van der Waals surface area contributed by atoms with Gasteiger partial charge < -0.3 is 15.3 Å². The highest BCUT2D eigenvalue weighted by molar-refractivity contribution is 5.89. The van der Waals surface area contributed by atoms with Crippen molar-refractivity contribution in [3.8, 4) is 0 Å². The van der Waals surface area contributed by atoms with Crippen molar-refractivity contribution in [1.82, 2.24) is 10.8 Å². The minimum Gasteiger partial charge on any atom is -0.465 e. The summed E-state index contributed by atoms with van der Waals surface area (Å²) in [6.07, 6.45) is -1.08. The van der Waals surface area contributed by atoms with E-state index in [2.05, 4.69) is 15.6 Å². The second-order valence-corrected chi connectivity index (χ2v) is 2.95. The number of carboxylic acid groups (broad SMARTS) is 1. The molecule has 0 saturated carbocycles. The minimum atomic E-state index is -1.08. The van der Waals surface area contributed by atoms with Crippen LogP contribution in [0.3, 0.4) is 0 Å². The Balaban J connectivity index is 2.60. The molecule has 1 amide bonds. The molecule has 0 spiro atoms. The maximum atomic E-state index is 11.2. The first-order valence-corrected chi connectivity index (χ1v) is 4.57. The van der Waals surface area contributed by atoms with Gasteiger partial charge in [-0.3, -0.25) is 0 Å². The van der Waals surface area contributed by atoms with Gasteiger partial charge in [-0.05, 0) is 17.7 Å². The Morgan fingerprint density at radius 2 is 1.94 bits per heavy atom. The zero-order valence-electron chi connectivity index (χ0n) is 8.69. The van der Waals surface area contributed by atoms with E-state index in [1.165, 1.54) is 7.05 Å². The maximum Gasteiger partial charge on any atom is 0.404 e. The highest BCUT2D eigenvalue weighted by Crippen LogP contribution is 2.05. The van der Waals surface area contributed by atoms with Crippen LogP contribution in [-0.4, -0.2) is 24.2 Å². The number of nitrogens with one attached hydrogen (secondary N) is 2. The van der Waals surface area contributed by atoms with E-state index in [0.29, 0.717) is 5.56 Å². The van der Waals surface area contributed by atoms with Crippen LogP contribution in [0.5, 0.6) is 0 Å². The van der Waals surface area contributed by atoms with Gasteiger partial charge in [0.05, 0.1) is 5.56 Å². The third-order valence-corrected chi connectivity index (χ3v) is 1.83. The number of amides is 1. The lowest BCUT2D eigenvalue weighted by atomic mass is 10.1. The molecule has 0 atom stereocenters. The van der Waals surface area contributed by atoms with Gasteiger partial charge in [0, 0.05) is 13.6 Å². The van der Waals surface area contributed by atoms with E-state index in [1.54, 1.807) is 24.3 Å².